The SMILES string of the molecule is CN1CCCN(C(CN)c2cccc(F)c2)CC1=O. The van der Waals surface area contributed by atoms with Crippen LogP contribution in [0.15, 0.2) is 24.3 Å². The van der Waals surface area contributed by atoms with Gasteiger partial charge in [0.25, 0.3) is 0 Å². The van der Waals surface area contributed by atoms with Crippen LogP contribution in [0.1, 0.15) is 18.0 Å². The summed E-state index contributed by atoms with van der Waals surface area (Å²) >= 11 is 0. The molecule has 0 bridgehead atoms. The van der Waals surface area contributed by atoms with Gasteiger partial charge in [0.15, 0.2) is 0 Å². The summed E-state index contributed by atoms with van der Waals surface area (Å²) in [7, 11) is 1.81. The predicted molar refractivity (Wildman–Crippen MR) is 72.0 cm³/mol. The zero-order valence-corrected chi connectivity index (χ0v) is 11.2. The van der Waals surface area contributed by atoms with Crippen molar-refractivity contribution in [2.24, 2.45) is 5.73 Å². The van der Waals surface area contributed by atoms with Gasteiger partial charge in [-0.15, -0.1) is 0 Å². The van der Waals surface area contributed by atoms with E-state index in [1.807, 2.05) is 18.0 Å². The summed E-state index contributed by atoms with van der Waals surface area (Å²) in [6.45, 7) is 2.28. The molecule has 0 saturated carbocycles. The maximum absolute atomic E-state index is 13.3. The van der Waals surface area contributed by atoms with E-state index >= 15 is 0 Å². The van der Waals surface area contributed by atoms with Gasteiger partial charge in [0.2, 0.25) is 5.91 Å². The van der Waals surface area contributed by atoms with Gasteiger partial charge >= 0.3 is 0 Å². The third kappa shape index (κ3) is 3.30. The highest BCUT2D eigenvalue weighted by molar-refractivity contribution is 5.78. The number of nitrogens with zero attached hydrogens (tertiary/aromatic N) is 2. The van der Waals surface area contributed by atoms with E-state index in [0.29, 0.717) is 13.1 Å². The van der Waals surface area contributed by atoms with E-state index in [1.165, 1.54) is 12.1 Å². The molecule has 1 amide bonds. The van der Waals surface area contributed by atoms with Crippen LogP contribution < -0.4 is 5.73 Å². The summed E-state index contributed by atoms with van der Waals surface area (Å²) in [5, 5.41) is 0. The van der Waals surface area contributed by atoms with Crippen LogP contribution in [-0.4, -0.2) is 48.9 Å². The number of nitrogens with two attached hydrogens (primary N) is 1. The van der Waals surface area contributed by atoms with Gasteiger partial charge in [-0.1, -0.05) is 12.1 Å². The van der Waals surface area contributed by atoms with Crippen LogP contribution in [0.5, 0.6) is 0 Å². The lowest BCUT2D eigenvalue weighted by atomic mass is 10.0. The van der Waals surface area contributed by atoms with Gasteiger partial charge in [-0.25, -0.2) is 4.39 Å². The normalized spacial score (nSPS) is 19.3. The van der Waals surface area contributed by atoms with Crippen LogP contribution in [0.3, 0.4) is 0 Å². The Morgan fingerprint density at radius 1 is 1.42 bits per heavy atom. The van der Waals surface area contributed by atoms with Crippen LogP contribution in [0, 0.1) is 5.82 Å². The van der Waals surface area contributed by atoms with Crippen molar-refractivity contribution in [1.82, 2.24) is 9.80 Å². The molecule has 1 aromatic carbocycles. The molecular formula is C14H20FN3O. The van der Waals surface area contributed by atoms with Crippen molar-refractivity contribution in [3.63, 3.8) is 0 Å². The topological polar surface area (TPSA) is 49.6 Å². The van der Waals surface area contributed by atoms with Gasteiger partial charge in [-0.05, 0) is 24.1 Å². The van der Waals surface area contributed by atoms with E-state index in [2.05, 4.69) is 0 Å². The smallest absolute Gasteiger partial charge is 0.236 e. The molecule has 0 radical (unpaired) electrons. The number of benzene rings is 1. The number of carbonyl (C=O) groups is 1. The minimum atomic E-state index is -0.269. The molecule has 1 aromatic rings. The van der Waals surface area contributed by atoms with E-state index in [4.69, 9.17) is 5.73 Å². The van der Waals surface area contributed by atoms with Crippen molar-refractivity contribution in [2.75, 3.05) is 33.2 Å². The Labute approximate surface area is 113 Å². The molecule has 0 aliphatic carbocycles. The van der Waals surface area contributed by atoms with Crippen molar-refractivity contribution < 1.29 is 9.18 Å². The summed E-state index contributed by atoms with van der Waals surface area (Å²) in [5.41, 5.74) is 6.66. The Bertz CT molecular complexity index is 452. The molecular weight excluding hydrogens is 245 g/mol. The summed E-state index contributed by atoms with van der Waals surface area (Å²) in [5.74, 6) is -0.179. The zero-order valence-electron chi connectivity index (χ0n) is 11.2. The first-order chi connectivity index (χ1) is 9.11. The maximum Gasteiger partial charge on any atom is 0.236 e. The lowest BCUT2D eigenvalue weighted by Gasteiger charge is -2.29. The van der Waals surface area contributed by atoms with Gasteiger partial charge in [-0.3, -0.25) is 9.69 Å². The summed E-state index contributed by atoms with van der Waals surface area (Å²) in [4.78, 5) is 15.7. The number of amides is 1. The number of likely N-dealkylation sites (N-methyl/N-ethyl adjacent to an activating group) is 1. The fraction of sp³-hybridized carbons (Fsp3) is 0.500. The molecule has 5 heteroatoms. The first-order valence-electron chi connectivity index (χ1n) is 6.55. The monoisotopic (exact) mass is 265 g/mol. The number of halogens is 1. The standard InChI is InChI=1S/C14H20FN3O/c1-17-6-3-7-18(10-14(17)19)13(9-16)11-4-2-5-12(15)8-11/h2,4-5,8,13H,3,6-7,9-10,16H2,1H3. The van der Waals surface area contributed by atoms with Crippen molar-refractivity contribution in [1.29, 1.82) is 0 Å². The molecule has 1 aliphatic rings. The predicted octanol–water partition coefficient (Wildman–Crippen LogP) is 0.990. The Morgan fingerprint density at radius 3 is 2.89 bits per heavy atom. The van der Waals surface area contributed by atoms with Crippen LogP contribution in [0.25, 0.3) is 0 Å². The first kappa shape index (κ1) is 14.0. The largest absolute Gasteiger partial charge is 0.345 e. The average Bonchev–Trinajstić information content (AvgIpc) is 2.54. The minimum absolute atomic E-state index is 0.0901. The Morgan fingerprint density at radius 2 is 2.21 bits per heavy atom. The van der Waals surface area contributed by atoms with Crippen molar-refractivity contribution in [3.8, 4) is 0 Å². The second-order valence-corrected chi connectivity index (χ2v) is 4.95. The van der Waals surface area contributed by atoms with Crippen LogP contribution in [0.2, 0.25) is 0 Å². The maximum atomic E-state index is 13.3. The Hall–Kier alpha value is -1.46. The quantitative estimate of drug-likeness (QED) is 0.886. The third-order valence-electron chi connectivity index (χ3n) is 3.60. The summed E-state index contributed by atoms with van der Waals surface area (Å²) < 4.78 is 13.3. The molecule has 2 rings (SSSR count). The molecule has 1 fully saturated rings. The van der Waals surface area contributed by atoms with E-state index in [1.54, 1.807) is 11.0 Å². The van der Waals surface area contributed by atoms with E-state index in [0.717, 1.165) is 25.1 Å². The highest BCUT2D eigenvalue weighted by atomic mass is 19.1. The zero-order chi connectivity index (χ0) is 13.8. The van der Waals surface area contributed by atoms with Crippen molar-refractivity contribution >= 4 is 5.91 Å². The molecule has 2 N–H and O–H groups in total. The van der Waals surface area contributed by atoms with Gasteiger partial charge in [-0.2, -0.15) is 0 Å². The summed E-state index contributed by atoms with van der Waals surface area (Å²) in [6, 6.07) is 6.35. The average molecular weight is 265 g/mol. The number of rotatable bonds is 3. The number of hydrogen-bond donors (Lipinski definition) is 1. The summed E-state index contributed by atoms with van der Waals surface area (Å²) in [6.07, 6.45) is 0.911. The van der Waals surface area contributed by atoms with Crippen molar-refractivity contribution in [3.05, 3.63) is 35.6 Å². The molecule has 1 saturated heterocycles. The van der Waals surface area contributed by atoms with Gasteiger partial charge in [0, 0.05) is 32.7 Å². The van der Waals surface area contributed by atoms with Crippen molar-refractivity contribution in [2.45, 2.75) is 12.5 Å². The van der Waals surface area contributed by atoms with Crippen LogP contribution in [-0.2, 0) is 4.79 Å². The fourth-order valence-electron chi connectivity index (χ4n) is 2.49. The first-order valence-corrected chi connectivity index (χ1v) is 6.55. The van der Waals surface area contributed by atoms with E-state index in [-0.39, 0.29) is 17.8 Å². The van der Waals surface area contributed by atoms with Crippen LogP contribution >= 0.6 is 0 Å². The molecule has 1 unspecified atom stereocenters. The molecule has 104 valence electrons. The van der Waals surface area contributed by atoms with Crippen LogP contribution in [0.4, 0.5) is 4.39 Å². The molecule has 1 aliphatic heterocycles. The highest BCUT2D eigenvalue weighted by Crippen LogP contribution is 2.22. The Kier molecular flexibility index (Phi) is 4.50. The van der Waals surface area contributed by atoms with E-state index < -0.39 is 0 Å². The van der Waals surface area contributed by atoms with Gasteiger partial charge in [0.1, 0.15) is 5.82 Å². The second kappa shape index (κ2) is 6.12. The fourth-order valence-corrected chi connectivity index (χ4v) is 2.49. The number of carbonyl (C=O) groups excluding carboxylic acids is 1. The molecule has 4 nitrogen and oxygen atoms in total. The van der Waals surface area contributed by atoms with Gasteiger partial charge < -0.3 is 10.6 Å². The second-order valence-electron chi connectivity index (χ2n) is 4.95. The lowest BCUT2D eigenvalue weighted by molar-refractivity contribution is -0.130. The molecule has 1 atom stereocenters. The van der Waals surface area contributed by atoms with E-state index in [9.17, 15) is 9.18 Å². The molecule has 19 heavy (non-hydrogen) atoms. The third-order valence-corrected chi connectivity index (χ3v) is 3.60. The lowest BCUT2D eigenvalue weighted by Crippen LogP contribution is -2.39. The molecule has 1 heterocycles. The van der Waals surface area contributed by atoms with Gasteiger partial charge in [0.05, 0.1) is 6.54 Å². The Balaban J connectivity index is 2.19. The molecule has 0 aromatic heterocycles. The highest BCUT2D eigenvalue weighted by Gasteiger charge is 2.25. The minimum Gasteiger partial charge on any atom is -0.345 e. The number of hydrogen-bond acceptors (Lipinski definition) is 3. The molecule has 0 spiro atoms.